The van der Waals surface area contributed by atoms with E-state index in [1.54, 1.807) is 38.5 Å². The van der Waals surface area contributed by atoms with Crippen molar-refractivity contribution >= 4 is 17.4 Å². The molecule has 0 fully saturated rings. The third kappa shape index (κ3) is 3.45. The zero-order valence-electron chi connectivity index (χ0n) is 17.5. The van der Waals surface area contributed by atoms with Crippen LogP contribution < -0.4 is 20.1 Å². The number of carbonyl (C=O) groups is 1. The molecule has 2 heterocycles. The molecule has 9 heteroatoms. The fraction of sp³-hybridized carbons (Fsp3) is 0.261. The minimum absolute atomic E-state index is 0.0301. The first kappa shape index (κ1) is 20.0. The first-order valence-corrected chi connectivity index (χ1v) is 10.2. The number of Topliss-reactive ketones (excluding diaryl/α,β-unsaturated/α-hetero) is 1. The SMILES string of the molecule is COc1ccc(OC)c([C@H]2Nc3nonc3NC3=C2C(=O)C[C@H](c2ccc(F)cc2)C3)c1. The van der Waals surface area contributed by atoms with Crippen molar-refractivity contribution in [1.29, 1.82) is 0 Å². The normalized spacial score (nSPS) is 19.9. The summed E-state index contributed by atoms with van der Waals surface area (Å²) in [6.07, 6.45) is 0.843. The number of hydrogen-bond donors (Lipinski definition) is 2. The lowest BCUT2D eigenvalue weighted by Gasteiger charge is -2.30. The standard InChI is InChI=1S/C23H21FN4O4/c1-30-15-7-8-19(31-2)16(11-15)21-20-17(25-22-23(26-21)28-32-27-22)9-13(10-18(20)29)12-3-5-14(24)6-4-12/h3-8,11,13,21H,9-10H2,1-2H3,(H,25,27)(H,26,28)/t13-,21-/m1/s1. The minimum Gasteiger partial charge on any atom is -0.497 e. The number of methoxy groups -OCH3 is 2. The van der Waals surface area contributed by atoms with Crippen molar-refractivity contribution in [3.63, 3.8) is 0 Å². The second kappa shape index (κ2) is 7.99. The molecule has 0 bridgehead atoms. The number of ether oxygens (including phenoxy) is 2. The number of carbonyl (C=O) groups excluding carboxylic acids is 1. The quantitative estimate of drug-likeness (QED) is 0.628. The largest absolute Gasteiger partial charge is 0.497 e. The van der Waals surface area contributed by atoms with Crippen LogP contribution in [0.3, 0.4) is 0 Å². The number of halogens is 1. The van der Waals surface area contributed by atoms with E-state index in [4.69, 9.17) is 14.1 Å². The fourth-order valence-electron chi connectivity index (χ4n) is 4.37. The number of hydrogen-bond acceptors (Lipinski definition) is 8. The molecule has 0 spiro atoms. The highest BCUT2D eigenvalue weighted by Crippen LogP contribution is 2.45. The summed E-state index contributed by atoms with van der Waals surface area (Å²) in [6, 6.07) is 11.1. The molecule has 8 nitrogen and oxygen atoms in total. The Morgan fingerprint density at radius 1 is 1.03 bits per heavy atom. The zero-order chi connectivity index (χ0) is 22.2. The summed E-state index contributed by atoms with van der Waals surface area (Å²) in [7, 11) is 3.16. The van der Waals surface area contributed by atoms with Gasteiger partial charge >= 0.3 is 0 Å². The predicted molar refractivity (Wildman–Crippen MR) is 114 cm³/mol. The molecule has 1 aliphatic heterocycles. The van der Waals surface area contributed by atoms with Gasteiger partial charge in [0.25, 0.3) is 0 Å². The maximum atomic E-state index is 13.5. The molecule has 3 aromatic rings. The second-order valence-electron chi connectivity index (χ2n) is 7.74. The number of fused-ring (bicyclic) bond motifs is 1. The Hall–Kier alpha value is -3.88. The van der Waals surface area contributed by atoms with Crippen molar-refractivity contribution in [2.45, 2.75) is 24.8 Å². The van der Waals surface area contributed by atoms with Crippen molar-refractivity contribution in [1.82, 2.24) is 10.3 Å². The first-order chi connectivity index (χ1) is 15.6. The summed E-state index contributed by atoms with van der Waals surface area (Å²) >= 11 is 0. The van der Waals surface area contributed by atoms with Crippen molar-refractivity contribution in [2.24, 2.45) is 0 Å². The number of allylic oxidation sites excluding steroid dienone is 1. The van der Waals surface area contributed by atoms with E-state index in [0.717, 1.165) is 11.1 Å². The predicted octanol–water partition coefficient (Wildman–Crippen LogP) is 4.21. The van der Waals surface area contributed by atoms with E-state index < -0.39 is 6.04 Å². The Kier molecular flexibility index (Phi) is 5.01. The first-order valence-electron chi connectivity index (χ1n) is 10.2. The molecule has 2 aliphatic rings. The summed E-state index contributed by atoms with van der Waals surface area (Å²) in [6.45, 7) is 0. The summed E-state index contributed by atoms with van der Waals surface area (Å²) in [5, 5.41) is 14.4. The van der Waals surface area contributed by atoms with E-state index in [-0.39, 0.29) is 17.5 Å². The van der Waals surface area contributed by atoms with E-state index in [1.807, 2.05) is 6.07 Å². The Morgan fingerprint density at radius 2 is 1.81 bits per heavy atom. The Bertz CT molecular complexity index is 1200. The molecule has 164 valence electrons. The zero-order valence-corrected chi connectivity index (χ0v) is 17.5. The summed E-state index contributed by atoms with van der Waals surface area (Å²) in [5.41, 5.74) is 2.92. The minimum atomic E-state index is -0.558. The van der Waals surface area contributed by atoms with Gasteiger partial charge in [0.15, 0.2) is 5.78 Å². The van der Waals surface area contributed by atoms with Gasteiger partial charge in [0.2, 0.25) is 11.6 Å². The van der Waals surface area contributed by atoms with Crippen molar-refractivity contribution < 1.29 is 23.3 Å². The van der Waals surface area contributed by atoms with E-state index >= 15 is 0 Å². The molecule has 0 amide bonds. The summed E-state index contributed by atoms with van der Waals surface area (Å²) in [4.78, 5) is 13.5. The lowest BCUT2D eigenvalue weighted by molar-refractivity contribution is -0.116. The molecular weight excluding hydrogens is 415 g/mol. The van der Waals surface area contributed by atoms with Crippen LogP contribution in [0.15, 0.2) is 58.4 Å². The van der Waals surface area contributed by atoms with Gasteiger partial charge in [-0.15, -0.1) is 0 Å². The number of ketones is 1. The van der Waals surface area contributed by atoms with E-state index in [0.29, 0.717) is 47.2 Å². The van der Waals surface area contributed by atoms with Crippen LogP contribution in [0.5, 0.6) is 11.5 Å². The van der Waals surface area contributed by atoms with Gasteiger partial charge in [-0.1, -0.05) is 12.1 Å². The molecule has 0 saturated heterocycles. The smallest absolute Gasteiger partial charge is 0.219 e. The molecule has 2 aromatic carbocycles. The second-order valence-corrected chi connectivity index (χ2v) is 7.74. The molecule has 2 N–H and O–H groups in total. The third-order valence-corrected chi connectivity index (χ3v) is 5.92. The summed E-state index contributed by atoms with van der Waals surface area (Å²) in [5.74, 6) is 1.59. The number of rotatable bonds is 4. The molecule has 32 heavy (non-hydrogen) atoms. The van der Waals surface area contributed by atoms with Crippen LogP contribution in [0.1, 0.15) is 35.9 Å². The Labute approximate surface area is 183 Å². The maximum absolute atomic E-state index is 13.5. The van der Waals surface area contributed by atoms with Gasteiger partial charge in [0, 0.05) is 23.3 Å². The summed E-state index contributed by atoms with van der Waals surface area (Å²) < 4.78 is 29.3. The van der Waals surface area contributed by atoms with Gasteiger partial charge < -0.3 is 20.1 Å². The van der Waals surface area contributed by atoms with Gasteiger partial charge in [-0.3, -0.25) is 4.79 Å². The molecule has 2 atom stereocenters. The number of nitrogens with one attached hydrogen (secondary N) is 2. The van der Waals surface area contributed by atoms with Gasteiger partial charge in [0.05, 0.1) is 20.3 Å². The number of benzene rings is 2. The third-order valence-electron chi connectivity index (χ3n) is 5.92. The molecule has 5 rings (SSSR count). The van der Waals surface area contributed by atoms with Crippen LogP contribution in [0.4, 0.5) is 16.0 Å². The van der Waals surface area contributed by atoms with Crippen LogP contribution in [0.25, 0.3) is 0 Å². The highest BCUT2D eigenvalue weighted by Gasteiger charge is 2.38. The highest BCUT2D eigenvalue weighted by atomic mass is 19.1. The van der Waals surface area contributed by atoms with Gasteiger partial charge in [-0.25, -0.2) is 9.02 Å². The van der Waals surface area contributed by atoms with Crippen molar-refractivity contribution in [3.05, 3.63) is 70.7 Å². The van der Waals surface area contributed by atoms with E-state index in [9.17, 15) is 9.18 Å². The number of anilines is 2. The highest BCUT2D eigenvalue weighted by molar-refractivity contribution is 6.01. The number of aromatic nitrogens is 2. The Morgan fingerprint density at radius 3 is 2.56 bits per heavy atom. The molecular formula is C23H21FN4O4. The average molecular weight is 436 g/mol. The molecule has 0 radical (unpaired) electrons. The van der Waals surface area contributed by atoms with Crippen LogP contribution in [0, 0.1) is 5.82 Å². The van der Waals surface area contributed by atoms with Crippen LogP contribution in [-0.4, -0.2) is 30.3 Å². The van der Waals surface area contributed by atoms with Crippen LogP contribution in [-0.2, 0) is 4.79 Å². The fourth-order valence-corrected chi connectivity index (χ4v) is 4.37. The average Bonchev–Trinajstić information content (AvgIpc) is 3.17. The molecule has 0 unspecified atom stereocenters. The van der Waals surface area contributed by atoms with E-state index in [1.165, 1.54) is 12.1 Å². The molecule has 1 aromatic heterocycles. The van der Waals surface area contributed by atoms with E-state index in [2.05, 4.69) is 20.9 Å². The Balaban J connectivity index is 1.62. The maximum Gasteiger partial charge on any atom is 0.219 e. The van der Waals surface area contributed by atoms with Crippen molar-refractivity contribution in [2.75, 3.05) is 24.9 Å². The van der Waals surface area contributed by atoms with Crippen LogP contribution in [0.2, 0.25) is 0 Å². The van der Waals surface area contributed by atoms with Gasteiger partial charge in [0.1, 0.15) is 17.3 Å². The van der Waals surface area contributed by atoms with Gasteiger partial charge in [-0.05, 0) is 58.5 Å². The molecule has 1 aliphatic carbocycles. The van der Waals surface area contributed by atoms with Gasteiger partial charge in [-0.2, -0.15) is 0 Å². The van der Waals surface area contributed by atoms with Crippen molar-refractivity contribution in [3.8, 4) is 11.5 Å². The number of nitrogens with zero attached hydrogens (tertiary/aromatic N) is 2. The lowest BCUT2D eigenvalue weighted by atomic mass is 9.78. The topological polar surface area (TPSA) is 98.5 Å². The lowest BCUT2D eigenvalue weighted by Crippen LogP contribution is -2.27. The molecule has 0 saturated carbocycles. The monoisotopic (exact) mass is 436 g/mol. The van der Waals surface area contributed by atoms with Crippen LogP contribution >= 0.6 is 0 Å².